The van der Waals surface area contributed by atoms with Crippen LogP contribution in [-0.2, 0) is 4.79 Å². The van der Waals surface area contributed by atoms with E-state index < -0.39 is 10.8 Å². The fourth-order valence-corrected chi connectivity index (χ4v) is 6.20. The van der Waals surface area contributed by atoms with E-state index in [2.05, 4.69) is 15.6 Å². The van der Waals surface area contributed by atoms with E-state index in [0.717, 1.165) is 22.0 Å². The first-order chi connectivity index (χ1) is 20.7. The highest BCUT2D eigenvalue weighted by molar-refractivity contribution is 8.01. The van der Waals surface area contributed by atoms with Crippen molar-refractivity contribution >= 4 is 79.9 Å². The van der Waals surface area contributed by atoms with E-state index >= 15 is 0 Å². The molecule has 0 aliphatic heterocycles. The molecule has 2 N–H and O–H groups in total. The van der Waals surface area contributed by atoms with Gasteiger partial charge in [-0.1, -0.05) is 47.1 Å². The number of nitrogens with zero attached hydrogens (tertiary/aromatic N) is 3. The van der Waals surface area contributed by atoms with Gasteiger partial charge in [-0.15, -0.1) is 11.3 Å². The number of amides is 2. The first kappa shape index (κ1) is 29.5. The van der Waals surface area contributed by atoms with Gasteiger partial charge in [0, 0.05) is 28.0 Å². The van der Waals surface area contributed by atoms with Crippen molar-refractivity contribution in [3.8, 4) is 6.07 Å². The Hall–Kier alpha value is -5.02. The number of nitro groups is 1. The molecule has 0 radical (unpaired) electrons. The average molecular weight is 626 g/mol. The van der Waals surface area contributed by atoms with E-state index in [1.165, 1.54) is 23.5 Å². The minimum Gasteiger partial charge on any atom is -0.322 e. The molecule has 0 atom stereocenters. The number of hydrogen-bond acceptors (Lipinski definition) is 8. The molecule has 4 aromatic carbocycles. The van der Waals surface area contributed by atoms with Crippen molar-refractivity contribution in [1.82, 2.24) is 4.98 Å². The molecule has 12 heteroatoms. The van der Waals surface area contributed by atoms with Crippen LogP contribution < -0.4 is 10.6 Å². The first-order valence-electron chi connectivity index (χ1n) is 12.6. The van der Waals surface area contributed by atoms with Gasteiger partial charge in [-0.25, -0.2) is 4.98 Å². The van der Waals surface area contributed by atoms with Crippen LogP contribution in [0.15, 0.2) is 99.7 Å². The highest BCUT2D eigenvalue weighted by Crippen LogP contribution is 2.40. The van der Waals surface area contributed by atoms with Crippen LogP contribution >= 0.6 is 34.7 Å². The number of anilines is 2. The largest absolute Gasteiger partial charge is 0.322 e. The number of rotatable bonds is 8. The minimum atomic E-state index is -0.658. The van der Waals surface area contributed by atoms with Crippen molar-refractivity contribution in [1.29, 1.82) is 5.26 Å². The average Bonchev–Trinajstić information content (AvgIpc) is 3.39. The maximum absolute atomic E-state index is 12.6. The summed E-state index contributed by atoms with van der Waals surface area (Å²) < 4.78 is 1.38. The van der Waals surface area contributed by atoms with Crippen molar-refractivity contribution in [2.45, 2.75) is 16.2 Å². The molecule has 1 heterocycles. The Kier molecular flexibility index (Phi) is 8.82. The molecule has 2 amide bonds. The molecule has 0 aliphatic carbocycles. The summed E-state index contributed by atoms with van der Waals surface area (Å²) in [6.45, 7) is 1.95. The number of benzene rings is 4. The van der Waals surface area contributed by atoms with Crippen molar-refractivity contribution in [2.24, 2.45) is 0 Å². The number of nitrogens with one attached hydrogen (secondary N) is 2. The van der Waals surface area contributed by atoms with Crippen LogP contribution in [-0.4, -0.2) is 21.7 Å². The summed E-state index contributed by atoms with van der Waals surface area (Å²) in [6, 6.07) is 25.3. The van der Waals surface area contributed by atoms with Crippen LogP contribution in [0.3, 0.4) is 0 Å². The molecule has 0 saturated heterocycles. The molecule has 0 fully saturated rings. The molecule has 212 valence electrons. The van der Waals surface area contributed by atoms with Gasteiger partial charge in [0.1, 0.15) is 11.6 Å². The summed E-state index contributed by atoms with van der Waals surface area (Å²) in [5.74, 6) is -0.889. The molecule has 43 heavy (non-hydrogen) atoms. The van der Waals surface area contributed by atoms with Gasteiger partial charge < -0.3 is 10.6 Å². The Morgan fingerprint density at radius 2 is 1.72 bits per heavy atom. The maximum atomic E-state index is 12.6. The highest BCUT2D eigenvalue weighted by atomic mass is 35.5. The molecule has 0 bridgehead atoms. The fourth-order valence-electron chi connectivity index (χ4n) is 3.93. The Bertz CT molecular complexity index is 1950. The number of nitro benzene ring substituents is 1. The summed E-state index contributed by atoms with van der Waals surface area (Å²) in [5.41, 5.74) is 3.24. The van der Waals surface area contributed by atoms with Gasteiger partial charge in [0.15, 0.2) is 4.34 Å². The van der Waals surface area contributed by atoms with Gasteiger partial charge in [-0.05, 0) is 79.2 Å². The number of thiazole rings is 1. The Morgan fingerprint density at radius 1 is 1.00 bits per heavy atom. The predicted molar refractivity (Wildman–Crippen MR) is 170 cm³/mol. The number of nitriles is 1. The van der Waals surface area contributed by atoms with E-state index in [9.17, 15) is 25.0 Å². The van der Waals surface area contributed by atoms with Crippen LogP contribution in [0.4, 0.5) is 17.1 Å². The number of carbonyl (C=O) groups is 2. The molecule has 0 spiro atoms. The van der Waals surface area contributed by atoms with Crippen LogP contribution in [0, 0.1) is 28.4 Å². The number of aromatic nitrogens is 1. The van der Waals surface area contributed by atoms with Crippen LogP contribution in [0.5, 0.6) is 0 Å². The smallest absolute Gasteiger partial charge is 0.283 e. The van der Waals surface area contributed by atoms with Crippen molar-refractivity contribution in [2.75, 3.05) is 10.6 Å². The molecular formula is C31H20ClN5O4S2. The van der Waals surface area contributed by atoms with Crippen molar-refractivity contribution in [3.05, 3.63) is 122 Å². The standard InChI is InChI=1S/C31H20ClN5O4S2/c1-18-2-5-20(6-3-18)29(38)35-24-11-12-25-28(16-24)43-31(36-25)42-27-13-4-19(15-26(27)37(40)41)14-21(17-33)30(39)34-23-9-7-22(32)8-10-23/h2-16H,1H3,(H,34,39)(H,35,38)/b21-14+. The quantitative estimate of drug-likeness (QED) is 0.0768. The van der Waals surface area contributed by atoms with Gasteiger partial charge in [-0.3, -0.25) is 19.7 Å². The van der Waals surface area contributed by atoms with Crippen molar-refractivity contribution < 1.29 is 14.5 Å². The van der Waals surface area contributed by atoms with E-state index in [0.29, 0.717) is 42.3 Å². The Labute approximate surface area is 259 Å². The molecule has 0 aliphatic rings. The van der Waals surface area contributed by atoms with E-state index in [4.69, 9.17) is 11.6 Å². The Balaban J connectivity index is 1.33. The zero-order valence-electron chi connectivity index (χ0n) is 22.3. The van der Waals surface area contributed by atoms with E-state index in [1.807, 2.05) is 31.2 Å². The third-order valence-corrected chi connectivity index (χ3v) is 8.49. The molecule has 1 aromatic heterocycles. The molecule has 5 rings (SSSR count). The lowest BCUT2D eigenvalue weighted by Gasteiger charge is -2.05. The molecule has 9 nitrogen and oxygen atoms in total. The summed E-state index contributed by atoms with van der Waals surface area (Å²) in [7, 11) is 0. The molecule has 5 aromatic rings. The lowest BCUT2D eigenvalue weighted by atomic mass is 10.1. The third kappa shape index (κ3) is 7.25. The molecule has 0 saturated carbocycles. The van der Waals surface area contributed by atoms with Gasteiger partial charge in [0.2, 0.25) is 0 Å². The number of hydrogen-bond donors (Lipinski definition) is 2. The number of aryl methyl sites for hydroxylation is 1. The molecule has 0 unspecified atom stereocenters. The SMILES string of the molecule is Cc1ccc(C(=O)Nc2ccc3nc(Sc4ccc(/C=C(\C#N)C(=O)Nc5ccc(Cl)cc5)cc4[N+](=O)[O-])sc3c2)cc1. The number of halogens is 1. The normalized spacial score (nSPS) is 11.1. The highest BCUT2D eigenvalue weighted by Gasteiger charge is 2.19. The predicted octanol–water partition coefficient (Wildman–Crippen LogP) is 8.12. The zero-order chi connectivity index (χ0) is 30.5. The Morgan fingerprint density at radius 3 is 2.42 bits per heavy atom. The van der Waals surface area contributed by atoms with Crippen molar-refractivity contribution in [3.63, 3.8) is 0 Å². The molecular weight excluding hydrogens is 606 g/mol. The van der Waals surface area contributed by atoms with Crippen LogP contribution in [0.2, 0.25) is 5.02 Å². The zero-order valence-corrected chi connectivity index (χ0v) is 24.7. The second-order valence-electron chi connectivity index (χ2n) is 9.20. The number of carbonyl (C=O) groups excluding carboxylic acids is 2. The maximum Gasteiger partial charge on any atom is 0.283 e. The minimum absolute atomic E-state index is 0.195. The second kappa shape index (κ2) is 12.9. The van der Waals surface area contributed by atoms with Gasteiger partial charge in [0.05, 0.1) is 20.0 Å². The summed E-state index contributed by atoms with van der Waals surface area (Å²) in [5, 5.41) is 27.5. The lowest BCUT2D eigenvalue weighted by Crippen LogP contribution is -2.13. The van der Waals surface area contributed by atoms with Gasteiger partial charge in [0.25, 0.3) is 17.5 Å². The monoisotopic (exact) mass is 625 g/mol. The van der Waals surface area contributed by atoms with E-state index in [1.54, 1.807) is 60.7 Å². The van der Waals surface area contributed by atoms with Crippen LogP contribution in [0.25, 0.3) is 16.3 Å². The first-order valence-corrected chi connectivity index (χ1v) is 14.6. The summed E-state index contributed by atoms with van der Waals surface area (Å²) in [4.78, 5) is 41.6. The third-order valence-electron chi connectivity index (χ3n) is 6.10. The van der Waals surface area contributed by atoms with Crippen LogP contribution in [0.1, 0.15) is 21.5 Å². The lowest BCUT2D eigenvalue weighted by molar-refractivity contribution is -0.387. The summed E-state index contributed by atoms with van der Waals surface area (Å²) >= 11 is 8.33. The fraction of sp³-hybridized carbons (Fsp3) is 0.0323. The topological polar surface area (TPSA) is 138 Å². The van der Waals surface area contributed by atoms with Gasteiger partial charge >= 0.3 is 0 Å². The van der Waals surface area contributed by atoms with E-state index in [-0.39, 0.29) is 17.2 Å². The summed E-state index contributed by atoms with van der Waals surface area (Å²) in [6.07, 6.45) is 1.29. The van der Waals surface area contributed by atoms with Gasteiger partial charge in [-0.2, -0.15) is 5.26 Å². The second-order valence-corrected chi connectivity index (χ2v) is 12.0. The number of fused-ring (bicyclic) bond motifs is 1.